The van der Waals surface area contributed by atoms with Crippen molar-refractivity contribution in [3.63, 3.8) is 0 Å². The molecule has 0 aliphatic rings. The fourth-order valence-corrected chi connectivity index (χ4v) is 3.20. The number of hydrogen-bond donors (Lipinski definition) is 1. The van der Waals surface area contributed by atoms with Gasteiger partial charge in [-0.3, -0.25) is 9.59 Å². The number of nitrogens with zero attached hydrogens (tertiary/aromatic N) is 4. The van der Waals surface area contributed by atoms with Gasteiger partial charge in [0.2, 0.25) is 0 Å². The number of hydrogen-bond acceptors (Lipinski definition) is 8. The van der Waals surface area contributed by atoms with Crippen LogP contribution in [0.5, 0.6) is 11.5 Å². The topological polar surface area (TPSA) is 144 Å². The molecule has 0 atom stereocenters. The summed E-state index contributed by atoms with van der Waals surface area (Å²) in [5, 5.41) is 22.4. The Bertz CT molecular complexity index is 1380. The van der Waals surface area contributed by atoms with E-state index in [1.54, 1.807) is 6.92 Å². The molecule has 0 amide bonds. The largest absolute Gasteiger partial charge is 0.453 e. The Labute approximate surface area is 210 Å². The zero-order valence-corrected chi connectivity index (χ0v) is 19.8. The van der Waals surface area contributed by atoms with Crippen LogP contribution in [-0.4, -0.2) is 22.3 Å². The van der Waals surface area contributed by atoms with Crippen molar-refractivity contribution in [2.24, 2.45) is 5.73 Å². The molecule has 180 valence electrons. The number of carbonyl (C=O) groups excluding carboxylic acids is 1. The highest BCUT2D eigenvalue weighted by molar-refractivity contribution is 6.32. The summed E-state index contributed by atoms with van der Waals surface area (Å²) in [5.41, 5.74) is 5.85. The number of aryl methyl sites for hydroxylation is 1. The lowest BCUT2D eigenvalue weighted by Gasteiger charge is -2.13. The van der Waals surface area contributed by atoms with Crippen molar-refractivity contribution in [2.75, 3.05) is 6.54 Å². The van der Waals surface area contributed by atoms with Crippen LogP contribution in [0.3, 0.4) is 0 Å². The van der Waals surface area contributed by atoms with Gasteiger partial charge in [-0.15, -0.1) is 12.4 Å². The number of carbonyl (C=O) groups is 1. The first-order valence-corrected chi connectivity index (χ1v) is 10.2. The van der Waals surface area contributed by atoms with E-state index >= 15 is 4.39 Å². The van der Waals surface area contributed by atoms with E-state index in [-0.39, 0.29) is 58.6 Å². The number of aromatic nitrogens is 2. The molecule has 0 spiro atoms. The van der Waals surface area contributed by atoms with E-state index in [0.717, 1.165) is 4.68 Å². The van der Waals surface area contributed by atoms with Crippen LogP contribution in [-0.2, 0) is 22.7 Å². The number of halogens is 3. The van der Waals surface area contributed by atoms with Crippen LogP contribution in [0.1, 0.15) is 27.9 Å². The standard InChI is InChI=1S/C23H17ClFN5O4.ClH/c1-13-4-17(29-30(23(13)32)12-33-20(31)11-28)8-16-2-3-19(24)22(21(16)25)34-18-6-14(9-26)5-15(7-18)10-27;/h2-7H,8,11-12,28H2,1H3;1H. The first-order valence-electron chi connectivity index (χ1n) is 9.79. The number of benzene rings is 2. The predicted molar refractivity (Wildman–Crippen MR) is 126 cm³/mol. The molecular formula is C23H18Cl2FN5O4. The van der Waals surface area contributed by atoms with Gasteiger partial charge in [0.05, 0.1) is 40.5 Å². The van der Waals surface area contributed by atoms with Gasteiger partial charge < -0.3 is 15.2 Å². The summed E-state index contributed by atoms with van der Waals surface area (Å²) in [4.78, 5) is 23.6. The van der Waals surface area contributed by atoms with Crippen LogP contribution in [0.25, 0.3) is 0 Å². The number of rotatable bonds is 7. The second kappa shape index (κ2) is 12.0. The monoisotopic (exact) mass is 517 g/mol. The third-order valence-electron chi connectivity index (χ3n) is 4.60. The third kappa shape index (κ3) is 6.55. The highest BCUT2D eigenvalue weighted by atomic mass is 35.5. The summed E-state index contributed by atoms with van der Waals surface area (Å²) in [6, 6.07) is 12.3. The van der Waals surface area contributed by atoms with Gasteiger partial charge in [-0.25, -0.2) is 4.39 Å². The molecule has 0 aliphatic heterocycles. The minimum absolute atomic E-state index is 0. The van der Waals surface area contributed by atoms with Crippen molar-refractivity contribution in [2.45, 2.75) is 20.1 Å². The van der Waals surface area contributed by atoms with Crippen LogP contribution in [0.2, 0.25) is 5.02 Å². The van der Waals surface area contributed by atoms with E-state index in [1.165, 1.54) is 36.4 Å². The van der Waals surface area contributed by atoms with E-state index < -0.39 is 24.1 Å². The number of nitrogens with two attached hydrogens (primary N) is 1. The van der Waals surface area contributed by atoms with E-state index in [4.69, 9.17) is 37.3 Å². The second-order valence-electron chi connectivity index (χ2n) is 7.07. The average Bonchev–Trinajstić information content (AvgIpc) is 2.84. The van der Waals surface area contributed by atoms with E-state index in [0.29, 0.717) is 11.3 Å². The lowest BCUT2D eigenvalue weighted by atomic mass is 10.1. The maximum Gasteiger partial charge on any atom is 0.321 e. The van der Waals surface area contributed by atoms with Crippen molar-refractivity contribution >= 4 is 30.0 Å². The van der Waals surface area contributed by atoms with Crippen LogP contribution < -0.4 is 16.0 Å². The van der Waals surface area contributed by atoms with Gasteiger partial charge in [-0.1, -0.05) is 17.7 Å². The van der Waals surface area contributed by atoms with Crippen molar-refractivity contribution in [3.8, 4) is 23.6 Å². The zero-order chi connectivity index (χ0) is 24.8. The summed E-state index contributed by atoms with van der Waals surface area (Å²) >= 11 is 6.14. The average molecular weight is 518 g/mol. The molecule has 3 aromatic rings. The SMILES string of the molecule is Cc1cc(Cc2ccc(Cl)c(Oc3cc(C#N)cc(C#N)c3)c2F)nn(COC(=O)CN)c1=O.Cl. The fraction of sp³-hybridized carbons (Fsp3) is 0.174. The third-order valence-corrected chi connectivity index (χ3v) is 4.90. The maximum absolute atomic E-state index is 15.3. The normalized spacial score (nSPS) is 10.0. The number of nitriles is 2. The van der Waals surface area contributed by atoms with Crippen LogP contribution in [0.4, 0.5) is 4.39 Å². The summed E-state index contributed by atoms with van der Waals surface area (Å²) in [6.07, 6.45) is -0.0347. The van der Waals surface area contributed by atoms with Crippen molar-refractivity contribution in [1.82, 2.24) is 9.78 Å². The molecule has 35 heavy (non-hydrogen) atoms. The van der Waals surface area contributed by atoms with E-state index in [9.17, 15) is 9.59 Å². The first kappa shape index (κ1) is 27.3. The van der Waals surface area contributed by atoms with Crippen molar-refractivity contribution in [1.29, 1.82) is 10.5 Å². The van der Waals surface area contributed by atoms with Gasteiger partial charge in [-0.2, -0.15) is 20.3 Å². The molecule has 0 bridgehead atoms. The quantitative estimate of drug-likeness (QED) is 0.469. The van der Waals surface area contributed by atoms with Gasteiger partial charge in [0.25, 0.3) is 5.56 Å². The molecule has 2 aromatic carbocycles. The number of esters is 1. The molecule has 0 radical (unpaired) electrons. The lowest BCUT2D eigenvalue weighted by molar-refractivity contribution is -0.146. The Morgan fingerprint density at radius 1 is 1.20 bits per heavy atom. The molecular weight excluding hydrogens is 500 g/mol. The van der Waals surface area contributed by atoms with Crippen molar-refractivity contribution in [3.05, 3.63) is 85.5 Å². The smallest absolute Gasteiger partial charge is 0.321 e. The van der Waals surface area contributed by atoms with E-state index in [1.807, 2.05) is 12.1 Å². The van der Waals surface area contributed by atoms with Gasteiger partial charge in [0.1, 0.15) is 5.75 Å². The number of ether oxygens (including phenoxy) is 2. The molecule has 0 aliphatic carbocycles. The molecule has 2 N–H and O–H groups in total. The summed E-state index contributed by atoms with van der Waals surface area (Å²) in [5.74, 6) is -1.71. The predicted octanol–water partition coefficient (Wildman–Crippen LogP) is 3.35. The molecule has 12 heteroatoms. The summed E-state index contributed by atoms with van der Waals surface area (Å²) < 4.78 is 26.7. The molecule has 1 aromatic heterocycles. The van der Waals surface area contributed by atoms with E-state index in [2.05, 4.69) is 5.10 Å². The maximum atomic E-state index is 15.3. The second-order valence-corrected chi connectivity index (χ2v) is 7.48. The highest BCUT2D eigenvalue weighted by Gasteiger charge is 2.17. The first-order chi connectivity index (χ1) is 16.2. The van der Waals surface area contributed by atoms with Crippen molar-refractivity contribution < 1.29 is 18.7 Å². The molecule has 3 rings (SSSR count). The molecule has 0 saturated carbocycles. The Hall–Kier alpha value is -3.96. The molecule has 0 unspecified atom stereocenters. The lowest BCUT2D eigenvalue weighted by Crippen LogP contribution is -2.29. The minimum Gasteiger partial charge on any atom is -0.453 e. The Morgan fingerprint density at radius 2 is 1.86 bits per heavy atom. The molecule has 0 saturated heterocycles. The molecule has 9 nitrogen and oxygen atoms in total. The van der Waals surface area contributed by atoms with Gasteiger partial charge in [0, 0.05) is 12.0 Å². The summed E-state index contributed by atoms with van der Waals surface area (Å²) in [7, 11) is 0. The Balaban J connectivity index is 0.00000432. The van der Waals surface area contributed by atoms with Gasteiger partial charge >= 0.3 is 5.97 Å². The van der Waals surface area contributed by atoms with Crippen LogP contribution in [0.15, 0.2) is 41.2 Å². The van der Waals surface area contributed by atoms with Gasteiger partial charge in [-0.05, 0) is 42.8 Å². The zero-order valence-electron chi connectivity index (χ0n) is 18.2. The highest BCUT2D eigenvalue weighted by Crippen LogP contribution is 2.35. The molecule has 0 fully saturated rings. The fourth-order valence-electron chi connectivity index (χ4n) is 3.01. The summed E-state index contributed by atoms with van der Waals surface area (Å²) in [6.45, 7) is 0.771. The molecule has 1 heterocycles. The minimum atomic E-state index is -0.778. The Morgan fingerprint density at radius 3 is 2.46 bits per heavy atom. The van der Waals surface area contributed by atoms with Crippen LogP contribution in [0, 0.1) is 35.4 Å². The van der Waals surface area contributed by atoms with Gasteiger partial charge in [0.15, 0.2) is 18.3 Å². The Kier molecular flexibility index (Phi) is 9.32. The van der Waals surface area contributed by atoms with Crippen LogP contribution >= 0.6 is 24.0 Å².